The van der Waals surface area contributed by atoms with Crippen LogP contribution in [0.3, 0.4) is 0 Å². The number of nitrogens with two attached hydrogens (primary N) is 1. The Bertz CT molecular complexity index is 220. The minimum absolute atomic E-state index is 0. The summed E-state index contributed by atoms with van der Waals surface area (Å²) in [5, 5.41) is 0. The highest BCUT2D eigenvalue weighted by molar-refractivity contribution is 6.12. The zero-order valence-electron chi connectivity index (χ0n) is 7.23. The van der Waals surface area contributed by atoms with Crippen LogP contribution in [-0.2, 0) is 14.3 Å². The molecule has 2 N–H and O–H groups in total. The van der Waals surface area contributed by atoms with E-state index < -0.39 is 0 Å². The summed E-state index contributed by atoms with van der Waals surface area (Å²) in [4.78, 5) is 23.1. The van der Waals surface area contributed by atoms with E-state index in [0.29, 0.717) is 26.3 Å². The molecule has 0 saturated carbocycles. The third-order valence-corrected chi connectivity index (χ3v) is 1.62. The van der Waals surface area contributed by atoms with Gasteiger partial charge in [-0.1, -0.05) is 7.43 Å². The first-order chi connectivity index (χ1) is 6.25. The molecule has 1 heterocycles. The van der Waals surface area contributed by atoms with Crippen LogP contribution < -0.4 is 5.73 Å². The quantitative estimate of drug-likeness (QED) is 0.480. The molecule has 0 unspecified atom stereocenters. The van der Waals surface area contributed by atoms with Crippen LogP contribution in [0.5, 0.6) is 0 Å². The second-order valence-electron chi connectivity index (χ2n) is 2.56. The highest BCUT2D eigenvalue weighted by atomic mass is 16.5. The number of rotatable bonds is 5. The lowest BCUT2D eigenvalue weighted by atomic mass is 10.5. The average molecular weight is 200 g/mol. The molecule has 0 aliphatic carbocycles. The van der Waals surface area contributed by atoms with Gasteiger partial charge in [-0.15, -0.1) is 0 Å². The van der Waals surface area contributed by atoms with Crippen molar-refractivity contribution in [3.8, 4) is 0 Å². The lowest BCUT2D eigenvalue weighted by molar-refractivity contribution is -0.137. The molecule has 0 fully saturated rings. The molecule has 0 saturated heterocycles. The van der Waals surface area contributed by atoms with Crippen molar-refractivity contribution in [2.75, 3.05) is 26.3 Å². The molecule has 5 heteroatoms. The summed E-state index contributed by atoms with van der Waals surface area (Å²) in [5.74, 6) is -0.553. The summed E-state index contributed by atoms with van der Waals surface area (Å²) in [6.45, 7) is 1.53. The number of imide groups is 1. The minimum atomic E-state index is -0.277. The summed E-state index contributed by atoms with van der Waals surface area (Å²) >= 11 is 0. The molecule has 0 aromatic heterocycles. The van der Waals surface area contributed by atoms with Gasteiger partial charge in [0.25, 0.3) is 11.8 Å². The van der Waals surface area contributed by atoms with E-state index in [-0.39, 0.29) is 19.2 Å². The summed E-state index contributed by atoms with van der Waals surface area (Å²) in [6.07, 6.45) is 2.51. The van der Waals surface area contributed by atoms with E-state index in [4.69, 9.17) is 10.5 Å². The molecule has 0 aromatic rings. The molecular formula is C9H16N2O3. The molecular weight excluding hydrogens is 184 g/mol. The summed E-state index contributed by atoms with van der Waals surface area (Å²) in [6, 6.07) is 0. The maximum Gasteiger partial charge on any atom is 0.253 e. The first kappa shape index (κ1) is 12.8. The largest absolute Gasteiger partial charge is 0.378 e. The molecule has 1 rings (SSSR count). The van der Waals surface area contributed by atoms with Gasteiger partial charge >= 0.3 is 0 Å². The van der Waals surface area contributed by atoms with Gasteiger partial charge in [-0.25, -0.2) is 0 Å². The van der Waals surface area contributed by atoms with Crippen LogP contribution in [0, 0.1) is 0 Å². The first-order valence-corrected chi connectivity index (χ1v) is 4.07. The number of amides is 2. The van der Waals surface area contributed by atoms with E-state index in [2.05, 4.69) is 0 Å². The number of ether oxygens (including phenoxy) is 1. The molecule has 1 aliphatic rings. The van der Waals surface area contributed by atoms with Gasteiger partial charge in [-0.05, 0) is 0 Å². The van der Waals surface area contributed by atoms with Gasteiger partial charge < -0.3 is 10.5 Å². The lowest BCUT2D eigenvalue weighted by Gasteiger charge is -2.12. The Morgan fingerprint density at radius 2 is 1.79 bits per heavy atom. The van der Waals surface area contributed by atoms with Crippen molar-refractivity contribution in [3.63, 3.8) is 0 Å². The van der Waals surface area contributed by atoms with Crippen molar-refractivity contribution >= 4 is 11.8 Å². The van der Waals surface area contributed by atoms with Gasteiger partial charge in [0.2, 0.25) is 0 Å². The Balaban J connectivity index is 0.00000169. The Kier molecular flexibility index (Phi) is 5.74. The second kappa shape index (κ2) is 6.28. The molecule has 0 atom stereocenters. The third-order valence-electron chi connectivity index (χ3n) is 1.62. The molecule has 2 amide bonds. The van der Waals surface area contributed by atoms with Gasteiger partial charge in [0.15, 0.2) is 0 Å². The van der Waals surface area contributed by atoms with E-state index in [1.165, 1.54) is 12.2 Å². The zero-order chi connectivity index (χ0) is 9.68. The third kappa shape index (κ3) is 3.27. The van der Waals surface area contributed by atoms with Crippen LogP contribution in [-0.4, -0.2) is 43.0 Å². The molecule has 1 aliphatic heterocycles. The van der Waals surface area contributed by atoms with Gasteiger partial charge in [-0.2, -0.15) is 0 Å². The van der Waals surface area contributed by atoms with Gasteiger partial charge in [0, 0.05) is 18.7 Å². The normalized spacial score (nSPS) is 14.8. The smallest absolute Gasteiger partial charge is 0.253 e. The van der Waals surface area contributed by atoms with E-state index in [1.807, 2.05) is 0 Å². The highest BCUT2D eigenvalue weighted by Gasteiger charge is 2.22. The lowest BCUT2D eigenvalue weighted by Crippen LogP contribution is -2.33. The number of carbonyl (C=O) groups is 2. The molecule has 0 radical (unpaired) electrons. The van der Waals surface area contributed by atoms with Gasteiger partial charge in [-0.3, -0.25) is 14.5 Å². The van der Waals surface area contributed by atoms with Crippen molar-refractivity contribution in [2.24, 2.45) is 5.73 Å². The number of nitrogens with zero attached hydrogens (tertiary/aromatic N) is 1. The van der Waals surface area contributed by atoms with Crippen LogP contribution in [0.1, 0.15) is 7.43 Å². The van der Waals surface area contributed by atoms with Crippen LogP contribution in [0.25, 0.3) is 0 Å². The molecule has 5 nitrogen and oxygen atoms in total. The minimum Gasteiger partial charge on any atom is -0.378 e. The Hall–Kier alpha value is -1.20. The summed E-state index contributed by atoms with van der Waals surface area (Å²) in [5.41, 5.74) is 5.19. The fourth-order valence-corrected chi connectivity index (χ4v) is 0.993. The summed E-state index contributed by atoms with van der Waals surface area (Å²) in [7, 11) is 0. The molecule has 0 spiro atoms. The fourth-order valence-electron chi connectivity index (χ4n) is 0.993. The van der Waals surface area contributed by atoms with Crippen molar-refractivity contribution in [1.82, 2.24) is 4.90 Å². The Morgan fingerprint density at radius 1 is 1.21 bits per heavy atom. The van der Waals surface area contributed by atoms with Crippen molar-refractivity contribution in [1.29, 1.82) is 0 Å². The predicted molar refractivity (Wildman–Crippen MR) is 52.5 cm³/mol. The second-order valence-corrected chi connectivity index (χ2v) is 2.56. The van der Waals surface area contributed by atoms with E-state index >= 15 is 0 Å². The monoisotopic (exact) mass is 200 g/mol. The maximum absolute atomic E-state index is 11.0. The van der Waals surface area contributed by atoms with Gasteiger partial charge in [0.05, 0.1) is 19.8 Å². The van der Waals surface area contributed by atoms with Crippen LogP contribution in [0.4, 0.5) is 0 Å². The Labute approximate surface area is 83.5 Å². The van der Waals surface area contributed by atoms with E-state index in [0.717, 1.165) is 4.90 Å². The van der Waals surface area contributed by atoms with Crippen LogP contribution >= 0.6 is 0 Å². The number of carbonyl (C=O) groups excluding carboxylic acids is 2. The highest BCUT2D eigenvalue weighted by Crippen LogP contribution is 2.02. The molecule has 0 bridgehead atoms. The van der Waals surface area contributed by atoms with Crippen molar-refractivity contribution in [2.45, 2.75) is 7.43 Å². The van der Waals surface area contributed by atoms with Gasteiger partial charge in [0.1, 0.15) is 0 Å². The average Bonchev–Trinajstić information content (AvgIpc) is 2.42. The SMILES string of the molecule is C.NCCOCCN1C(=O)C=CC1=O. The van der Waals surface area contributed by atoms with E-state index in [1.54, 1.807) is 0 Å². The Morgan fingerprint density at radius 3 is 2.29 bits per heavy atom. The van der Waals surface area contributed by atoms with Crippen molar-refractivity contribution < 1.29 is 14.3 Å². The molecule has 80 valence electrons. The zero-order valence-corrected chi connectivity index (χ0v) is 7.23. The molecule has 14 heavy (non-hydrogen) atoms. The predicted octanol–water partition coefficient (Wildman–Crippen LogP) is -0.477. The van der Waals surface area contributed by atoms with Crippen LogP contribution in [0.15, 0.2) is 12.2 Å². The summed E-state index contributed by atoms with van der Waals surface area (Å²) < 4.78 is 5.04. The topological polar surface area (TPSA) is 72.6 Å². The van der Waals surface area contributed by atoms with Crippen molar-refractivity contribution in [3.05, 3.63) is 12.2 Å². The molecule has 0 aromatic carbocycles. The van der Waals surface area contributed by atoms with Crippen LogP contribution in [0.2, 0.25) is 0 Å². The number of hydrogen-bond acceptors (Lipinski definition) is 4. The first-order valence-electron chi connectivity index (χ1n) is 4.07. The maximum atomic E-state index is 11.0. The fraction of sp³-hybridized carbons (Fsp3) is 0.556. The number of hydrogen-bond donors (Lipinski definition) is 1. The standard InChI is InChI=1S/C8H12N2O3.CH4/c9-3-5-13-6-4-10-7(11)1-2-8(10)12;/h1-2H,3-6,9H2;1H4. The van der Waals surface area contributed by atoms with E-state index in [9.17, 15) is 9.59 Å².